The number of nitriles is 1. The summed E-state index contributed by atoms with van der Waals surface area (Å²) < 4.78 is 0. The lowest BCUT2D eigenvalue weighted by molar-refractivity contribution is -0.124. The van der Waals surface area contributed by atoms with Gasteiger partial charge < -0.3 is 10.4 Å². The third kappa shape index (κ3) is 4.59. The highest BCUT2D eigenvalue weighted by Gasteiger charge is 2.33. The second kappa shape index (κ2) is 8.46. The second-order valence-electron chi connectivity index (χ2n) is 7.32. The Morgan fingerprint density at radius 3 is 2.84 bits per heavy atom. The minimum atomic E-state index is -0.868. The summed E-state index contributed by atoms with van der Waals surface area (Å²) in [5, 5.41) is 21.5. The van der Waals surface area contributed by atoms with Crippen molar-refractivity contribution in [2.75, 3.05) is 19.7 Å². The summed E-state index contributed by atoms with van der Waals surface area (Å²) >= 11 is 0. The van der Waals surface area contributed by atoms with Gasteiger partial charge in [-0.1, -0.05) is 38.1 Å². The van der Waals surface area contributed by atoms with Crippen molar-refractivity contribution >= 4 is 5.91 Å². The van der Waals surface area contributed by atoms with E-state index in [2.05, 4.69) is 28.4 Å². The molecule has 0 spiro atoms. The number of amides is 1. The number of carbonyl (C=O) groups is 1. The third-order valence-electron chi connectivity index (χ3n) is 5.28. The normalized spacial score (nSPS) is 18.7. The van der Waals surface area contributed by atoms with Gasteiger partial charge in [0.1, 0.15) is 5.54 Å². The Bertz CT molecular complexity index is 638. The van der Waals surface area contributed by atoms with Crippen LogP contribution in [-0.2, 0) is 11.2 Å². The van der Waals surface area contributed by atoms with Gasteiger partial charge >= 0.3 is 0 Å². The van der Waals surface area contributed by atoms with Crippen LogP contribution < -0.4 is 5.32 Å². The zero-order valence-corrected chi connectivity index (χ0v) is 15.5. The number of benzene rings is 1. The maximum absolute atomic E-state index is 12.6. The van der Waals surface area contributed by atoms with Crippen LogP contribution in [0.2, 0.25) is 0 Å². The van der Waals surface area contributed by atoms with E-state index in [0.717, 1.165) is 12.8 Å². The highest BCUT2D eigenvalue weighted by molar-refractivity contribution is 5.79. The summed E-state index contributed by atoms with van der Waals surface area (Å²) in [6, 6.07) is 10.8. The first-order chi connectivity index (χ1) is 11.9. The SMILES string of the molecule is CC(C)C(C)(C#N)NC(=O)CN(CCCO)C1CCc2ccccc21. The third-order valence-corrected chi connectivity index (χ3v) is 5.28. The first-order valence-corrected chi connectivity index (χ1v) is 9.06. The molecule has 5 heteroatoms. The summed E-state index contributed by atoms with van der Waals surface area (Å²) in [6.07, 6.45) is 2.63. The van der Waals surface area contributed by atoms with Crippen molar-refractivity contribution in [1.29, 1.82) is 5.26 Å². The summed E-state index contributed by atoms with van der Waals surface area (Å²) in [5.41, 5.74) is 1.75. The molecule has 0 saturated heterocycles. The lowest BCUT2D eigenvalue weighted by Crippen LogP contribution is -2.52. The molecule has 5 nitrogen and oxygen atoms in total. The lowest BCUT2D eigenvalue weighted by Gasteiger charge is -2.32. The van der Waals surface area contributed by atoms with Crippen LogP contribution in [0.15, 0.2) is 24.3 Å². The Morgan fingerprint density at radius 2 is 2.20 bits per heavy atom. The van der Waals surface area contributed by atoms with Crippen LogP contribution in [0.1, 0.15) is 50.8 Å². The van der Waals surface area contributed by atoms with Gasteiger partial charge in [-0.15, -0.1) is 0 Å². The fourth-order valence-corrected chi connectivity index (χ4v) is 3.35. The van der Waals surface area contributed by atoms with Gasteiger partial charge in [-0.2, -0.15) is 5.26 Å². The quantitative estimate of drug-likeness (QED) is 0.760. The molecule has 2 rings (SSSR count). The predicted molar refractivity (Wildman–Crippen MR) is 97.8 cm³/mol. The molecule has 2 N–H and O–H groups in total. The molecule has 0 saturated carbocycles. The molecule has 136 valence electrons. The van der Waals surface area contributed by atoms with Crippen LogP contribution in [0.25, 0.3) is 0 Å². The van der Waals surface area contributed by atoms with Gasteiger partial charge in [0.05, 0.1) is 12.6 Å². The molecule has 25 heavy (non-hydrogen) atoms. The van der Waals surface area contributed by atoms with Gasteiger partial charge in [0.2, 0.25) is 5.91 Å². The summed E-state index contributed by atoms with van der Waals surface area (Å²) in [5.74, 6) is -0.111. The van der Waals surface area contributed by atoms with Crippen LogP contribution in [0.5, 0.6) is 0 Å². The van der Waals surface area contributed by atoms with Gasteiger partial charge in [0.15, 0.2) is 0 Å². The van der Waals surface area contributed by atoms with Crippen LogP contribution >= 0.6 is 0 Å². The van der Waals surface area contributed by atoms with E-state index >= 15 is 0 Å². The fraction of sp³-hybridized carbons (Fsp3) is 0.600. The van der Waals surface area contributed by atoms with Gasteiger partial charge in [-0.25, -0.2) is 0 Å². The number of nitrogens with zero attached hydrogens (tertiary/aromatic N) is 2. The zero-order valence-electron chi connectivity index (χ0n) is 15.5. The van der Waals surface area contributed by atoms with Crippen LogP contribution in [0.3, 0.4) is 0 Å². The van der Waals surface area contributed by atoms with E-state index in [-0.39, 0.29) is 31.0 Å². The molecule has 1 amide bonds. The Morgan fingerprint density at radius 1 is 1.48 bits per heavy atom. The van der Waals surface area contributed by atoms with Crippen molar-refractivity contribution in [3.8, 4) is 6.07 Å². The molecular formula is C20H29N3O2. The second-order valence-corrected chi connectivity index (χ2v) is 7.32. The monoisotopic (exact) mass is 343 g/mol. The molecule has 0 aromatic heterocycles. The maximum atomic E-state index is 12.6. The molecule has 2 unspecified atom stereocenters. The highest BCUT2D eigenvalue weighted by atomic mass is 16.3. The van der Waals surface area contributed by atoms with Crippen molar-refractivity contribution in [3.05, 3.63) is 35.4 Å². The van der Waals surface area contributed by atoms with E-state index in [1.165, 1.54) is 11.1 Å². The summed E-state index contributed by atoms with van der Waals surface area (Å²) in [4.78, 5) is 14.7. The molecule has 0 fully saturated rings. The smallest absolute Gasteiger partial charge is 0.235 e. The minimum Gasteiger partial charge on any atom is -0.396 e. The molecule has 1 aliphatic rings. The van der Waals surface area contributed by atoms with Gasteiger partial charge in [0.25, 0.3) is 0 Å². The summed E-state index contributed by atoms with van der Waals surface area (Å²) in [6.45, 7) is 6.63. The van der Waals surface area contributed by atoms with Crippen molar-refractivity contribution in [1.82, 2.24) is 10.2 Å². The number of aliphatic hydroxyl groups is 1. The van der Waals surface area contributed by atoms with E-state index in [4.69, 9.17) is 0 Å². The topological polar surface area (TPSA) is 76.4 Å². The summed E-state index contributed by atoms with van der Waals surface area (Å²) in [7, 11) is 0. The number of carbonyl (C=O) groups excluding carboxylic acids is 1. The Labute approximate surface area is 150 Å². The zero-order chi connectivity index (χ0) is 18.4. The van der Waals surface area contributed by atoms with Gasteiger partial charge in [0, 0.05) is 19.2 Å². The van der Waals surface area contributed by atoms with Crippen LogP contribution in [-0.4, -0.2) is 41.1 Å². The van der Waals surface area contributed by atoms with Gasteiger partial charge in [-0.05, 0) is 43.2 Å². The molecule has 1 aromatic carbocycles. The molecule has 1 aromatic rings. The predicted octanol–water partition coefficient (Wildman–Crippen LogP) is 2.41. The first-order valence-electron chi connectivity index (χ1n) is 9.06. The highest BCUT2D eigenvalue weighted by Crippen LogP contribution is 2.35. The molecule has 0 aliphatic heterocycles. The number of nitrogens with one attached hydrogen (secondary N) is 1. The number of fused-ring (bicyclic) bond motifs is 1. The Balaban J connectivity index is 2.11. The van der Waals surface area contributed by atoms with E-state index < -0.39 is 5.54 Å². The Kier molecular flexibility index (Phi) is 6.57. The van der Waals surface area contributed by atoms with E-state index in [9.17, 15) is 15.2 Å². The molecule has 2 atom stereocenters. The standard InChI is InChI=1S/C20H29N3O2/c1-15(2)20(3,14-21)22-19(25)13-23(11-6-12-24)18-10-9-16-7-4-5-8-17(16)18/h4-5,7-8,15,18,24H,6,9-13H2,1-3H3,(H,22,25). The number of aryl methyl sites for hydroxylation is 1. The largest absolute Gasteiger partial charge is 0.396 e. The van der Waals surface area contributed by atoms with Gasteiger partial charge in [-0.3, -0.25) is 9.69 Å². The number of rotatable bonds is 8. The molecule has 0 heterocycles. The van der Waals surface area contributed by atoms with E-state index in [0.29, 0.717) is 13.0 Å². The number of aliphatic hydroxyl groups excluding tert-OH is 1. The maximum Gasteiger partial charge on any atom is 0.235 e. The molecule has 1 aliphatic carbocycles. The van der Waals surface area contributed by atoms with E-state index in [1.807, 2.05) is 26.0 Å². The molecular weight excluding hydrogens is 314 g/mol. The van der Waals surface area contributed by atoms with E-state index in [1.54, 1.807) is 6.92 Å². The van der Waals surface area contributed by atoms with Crippen molar-refractivity contribution in [3.63, 3.8) is 0 Å². The lowest BCUT2D eigenvalue weighted by atomic mass is 9.90. The van der Waals surface area contributed by atoms with Crippen LogP contribution in [0, 0.1) is 17.2 Å². The number of hydrogen-bond acceptors (Lipinski definition) is 4. The van der Waals surface area contributed by atoms with Crippen LogP contribution in [0.4, 0.5) is 0 Å². The number of hydrogen-bond donors (Lipinski definition) is 2. The van der Waals surface area contributed by atoms with Crippen molar-refractivity contribution in [2.45, 2.75) is 51.6 Å². The average molecular weight is 343 g/mol. The Hall–Kier alpha value is -1.90. The van der Waals surface area contributed by atoms with Crippen molar-refractivity contribution < 1.29 is 9.90 Å². The minimum absolute atomic E-state index is 0.0274. The molecule has 0 radical (unpaired) electrons. The average Bonchev–Trinajstić information content (AvgIpc) is 3.02. The molecule has 0 bridgehead atoms. The van der Waals surface area contributed by atoms with Crippen molar-refractivity contribution in [2.24, 2.45) is 5.92 Å². The fourth-order valence-electron chi connectivity index (χ4n) is 3.35. The first kappa shape index (κ1) is 19.4.